The van der Waals surface area contributed by atoms with Crippen LogP contribution in [-0.4, -0.2) is 49.3 Å². The summed E-state index contributed by atoms with van der Waals surface area (Å²) in [5.74, 6) is -0.146. The molecule has 0 unspecified atom stereocenters. The van der Waals surface area contributed by atoms with E-state index in [9.17, 15) is 8.42 Å². The van der Waals surface area contributed by atoms with Crippen molar-refractivity contribution >= 4 is 18.2 Å². The predicted molar refractivity (Wildman–Crippen MR) is 94.4 cm³/mol. The summed E-state index contributed by atoms with van der Waals surface area (Å²) >= 11 is 0. The lowest BCUT2D eigenvalue weighted by molar-refractivity contribution is 0.308. The van der Waals surface area contributed by atoms with E-state index in [1.807, 2.05) is 6.07 Å². The summed E-state index contributed by atoms with van der Waals surface area (Å²) in [6.45, 7) is 10.7. The molecule has 0 amide bonds. The van der Waals surface area contributed by atoms with Gasteiger partial charge in [-0.3, -0.25) is 0 Å². The van der Waals surface area contributed by atoms with Crippen molar-refractivity contribution in [2.24, 2.45) is 0 Å². The van der Waals surface area contributed by atoms with Crippen molar-refractivity contribution in [1.29, 1.82) is 0 Å². The average molecular weight is 369 g/mol. The molecule has 0 aliphatic rings. The summed E-state index contributed by atoms with van der Waals surface area (Å²) in [7, 11) is -5.63. The molecule has 7 nitrogen and oxygen atoms in total. The second kappa shape index (κ2) is 6.73. The molecule has 0 spiro atoms. The molecule has 0 saturated carbocycles. The van der Waals surface area contributed by atoms with Crippen LogP contribution in [0.5, 0.6) is 0 Å². The molecule has 0 fully saturated rings. The Kier molecular flexibility index (Phi) is 5.26. The Bertz CT molecular complexity index is 783. The van der Waals surface area contributed by atoms with Crippen LogP contribution < -0.4 is 0 Å². The Balaban J connectivity index is 2.14. The van der Waals surface area contributed by atoms with Gasteiger partial charge in [0.2, 0.25) is 9.84 Å². The number of nitrogens with zero attached hydrogens (tertiary/aromatic N) is 4. The molecule has 1 aromatic heterocycles. The highest BCUT2D eigenvalue weighted by molar-refractivity contribution is 7.91. The largest absolute Gasteiger partial charge is 0.416 e. The van der Waals surface area contributed by atoms with E-state index in [0.717, 1.165) is 0 Å². The minimum atomic E-state index is -3.64. The van der Waals surface area contributed by atoms with Crippen LogP contribution in [0.15, 0.2) is 35.5 Å². The Morgan fingerprint density at radius 1 is 1.17 bits per heavy atom. The number of benzene rings is 1. The molecule has 1 aromatic carbocycles. The first-order chi connectivity index (χ1) is 11.0. The van der Waals surface area contributed by atoms with E-state index in [-0.39, 0.29) is 22.6 Å². The topological polar surface area (TPSA) is 87.0 Å². The highest BCUT2D eigenvalue weighted by Crippen LogP contribution is 2.36. The van der Waals surface area contributed by atoms with Crippen molar-refractivity contribution in [3.63, 3.8) is 0 Å². The van der Waals surface area contributed by atoms with Crippen LogP contribution in [-0.2, 0) is 14.3 Å². The molecule has 0 saturated heterocycles. The zero-order valence-electron chi connectivity index (χ0n) is 14.7. The van der Waals surface area contributed by atoms with Gasteiger partial charge < -0.3 is 4.43 Å². The third kappa shape index (κ3) is 4.08. The van der Waals surface area contributed by atoms with Crippen molar-refractivity contribution in [2.45, 2.75) is 44.1 Å². The Labute approximate surface area is 144 Å². The first kappa shape index (κ1) is 18.8. The molecule has 132 valence electrons. The Hall–Kier alpha value is -1.58. The average Bonchev–Trinajstić information content (AvgIpc) is 2.97. The molecule has 1 heterocycles. The molecule has 0 N–H and O–H groups in total. The van der Waals surface area contributed by atoms with Gasteiger partial charge in [-0.2, -0.15) is 4.68 Å². The zero-order chi connectivity index (χ0) is 18.0. The van der Waals surface area contributed by atoms with Crippen LogP contribution in [0.3, 0.4) is 0 Å². The van der Waals surface area contributed by atoms with Crippen molar-refractivity contribution in [3.05, 3.63) is 30.3 Å². The van der Waals surface area contributed by atoms with E-state index >= 15 is 0 Å². The Morgan fingerprint density at radius 2 is 1.79 bits per heavy atom. The summed E-state index contributed by atoms with van der Waals surface area (Å²) in [6, 6.07) is 8.94. The van der Waals surface area contributed by atoms with E-state index in [0.29, 0.717) is 5.69 Å². The third-order valence-electron chi connectivity index (χ3n) is 4.34. The van der Waals surface area contributed by atoms with E-state index in [1.54, 1.807) is 24.3 Å². The SMILES string of the molecule is CC(C)(C)[Si](C)(C)OCCS(=O)(=O)c1nnnn1-c1ccccc1. The number of sulfone groups is 1. The van der Waals surface area contributed by atoms with Gasteiger partial charge in [-0.1, -0.05) is 44.1 Å². The van der Waals surface area contributed by atoms with Gasteiger partial charge in [-0.05, 0) is 40.7 Å². The summed E-state index contributed by atoms with van der Waals surface area (Å²) in [4.78, 5) is 0. The number of aromatic nitrogens is 4. The molecule has 9 heteroatoms. The van der Waals surface area contributed by atoms with Crippen LogP contribution in [0.4, 0.5) is 0 Å². The smallest absolute Gasteiger partial charge is 0.272 e. The molecule has 24 heavy (non-hydrogen) atoms. The highest BCUT2D eigenvalue weighted by Gasteiger charge is 2.37. The lowest BCUT2D eigenvalue weighted by atomic mass is 10.2. The van der Waals surface area contributed by atoms with Crippen molar-refractivity contribution in [3.8, 4) is 5.69 Å². The molecular weight excluding hydrogens is 344 g/mol. The summed E-state index contributed by atoms with van der Waals surface area (Å²) in [5, 5.41) is 10.9. The van der Waals surface area contributed by atoms with E-state index in [4.69, 9.17) is 4.43 Å². The fourth-order valence-corrected chi connectivity index (χ4v) is 4.06. The first-order valence-electron chi connectivity index (χ1n) is 7.75. The van der Waals surface area contributed by atoms with Crippen LogP contribution in [0, 0.1) is 0 Å². The minimum absolute atomic E-state index is 0.0301. The third-order valence-corrected chi connectivity index (χ3v) is 10.4. The molecule has 0 aliphatic carbocycles. The second-order valence-electron chi connectivity index (χ2n) is 7.14. The number of hydrogen-bond donors (Lipinski definition) is 0. The van der Waals surface area contributed by atoms with Gasteiger partial charge in [0.05, 0.1) is 11.4 Å². The van der Waals surface area contributed by atoms with Gasteiger partial charge in [0.15, 0.2) is 8.32 Å². The normalized spacial score (nSPS) is 13.2. The van der Waals surface area contributed by atoms with Crippen molar-refractivity contribution in [1.82, 2.24) is 20.2 Å². The molecule has 2 rings (SSSR count). The summed E-state index contributed by atoms with van der Waals surface area (Å²) in [6.07, 6.45) is 0. The van der Waals surface area contributed by atoms with Crippen LogP contribution in [0.2, 0.25) is 18.1 Å². The van der Waals surface area contributed by atoms with Crippen LogP contribution in [0.25, 0.3) is 5.69 Å². The number of hydrogen-bond acceptors (Lipinski definition) is 6. The number of para-hydroxylation sites is 1. The molecular formula is C15H24N4O3SSi. The van der Waals surface area contributed by atoms with Gasteiger partial charge in [-0.15, -0.1) is 0 Å². The highest BCUT2D eigenvalue weighted by atomic mass is 32.2. The first-order valence-corrected chi connectivity index (χ1v) is 12.3. The molecule has 0 atom stereocenters. The van der Waals surface area contributed by atoms with Gasteiger partial charge in [0.1, 0.15) is 0 Å². The second-order valence-corrected chi connectivity index (χ2v) is 13.9. The lowest BCUT2D eigenvalue weighted by Crippen LogP contribution is -2.41. The number of rotatable bonds is 6. The Morgan fingerprint density at radius 3 is 2.38 bits per heavy atom. The van der Waals surface area contributed by atoms with E-state index in [1.165, 1.54) is 4.68 Å². The van der Waals surface area contributed by atoms with Gasteiger partial charge in [-0.25, -0.2) is 8.42 Å². The molecule has 0 bridgehead atoms. The van der Waals surface area contributed by atoms with E-state index < -0.39 is 18.2 Å². The standard InChI is InChI=1S/C15H24N4O3SSi/c1-15(2,3)24(4,5)22-11-12-23(20,21)14-16-17-18-19(14)13-9-7-6-8-10-13/h6-10H,11-12H2,1-5H3. The van der Waals surface area contributed by atoms with Gasteiger partial charge in [0.25, 0.3) is 5.16 Å². The monoisotopic (exact) mass is 368 g/mol. The van der Waals surface area contributed by atoms with Crippen LogP contribution in [0.1, 0.15) is 20.8 Å². The lowest BCUT2D eigenvalue weighted by Gasteiger charge is -2.36. The summed E-state index contributed by atoms with van der Waals surface area (Å²) in [5.41, 5.74) is 0.603. The van der Waals surface area contributed by atoms with Crippen LogP contribution >= 0.6 is 0 Å². The van der Waals surface area contributed by atoms with E-state index in [2.05, 4.69) is 49.4 Å². The predicted octanol–water partition coefficient (Wildman–Crippen LogP) is 2.46. The molecule has 0 aliphatic heterocycles. The fourth-order valence-electron chi connectivity index (χ4n) is 1.82. The van der Waals surface area contributed by atoms with Crippen molar-refractivity contribution < 1.29 is 12.8 Å². The number of tetrazole rings is 1. The zero-order valence-corrected chi connectivity index (χ0v) is 16.5. The minimum Gasteiger partial charge on any atom is -0.416 e. The maximum Gasteiger partial charge on any atom is 0.272 e. The fraction of sp³-hybridized carbons (Fsp3) is 0.533. The molecule has 0 radical (unpaired) electrons. The summed E-state index contributed by atoms with van der Waals surface area (Å²) < 4.78 is 32.4. The maximum absolute atomic E-state index is 12.6. The molecule has 2 aromatic rings. The van der Waals surface area contributed by atoms with Gasteiger partial charge in [0, 0.05) is 6.61 Å². The van der Waals surface area contributed by atoms with Crippen molar-refractivity contribution in [2.75, 3.05) is 12.4 Å². The van der Waals surface area contributed by atoms with Gasteiger partial charge >= 0.3 is 0 Å². The quantitative estimate of drug-likeness (QED) is 0.728. The maximum atomic E-state index is 12.6.